The summed E-state index contributed by atoms with van der Waals surface area (Å²) in [5.74, 6) is -1.13. The molecule has 1 amide bonds. The molecule has 4 heterocycles. The molecule has 2 aliphatic rings. The van der Waals surface area contributed by atoms with Gasteiger partial charge in [0.25, 0.3) is 5.91 Å². The molecule has 0 radical (unpaired) electrons. The van der Waals surface area contributed by atoms with Crippen molar-refractivity contribution in [1.29, 1.82) is 0 Å². The molecule has 0 fully saturated rings. The normalized spacial score (nSPS) is 15.6. The summed E-state index contributed by atoms with van der Waals surface area (Å²) in [6.07, 6.45) is 14.4. The third-order valence-electron chi connectivity index (χ3n) is 13.4. The highest BCUT2D eigenvalue weighted by Crippen LogP contribution is 2.37. The van der Waals surface area contributed by atoms with Gasteiger partial charge < -0.3 is 30.7 Å². The lowest BCUT2D eigenvalue weighted by Gasteiger charge is -2.30. The molecule has 2 aromatic carbocycles. The van der Waals surface area contributed by atoms with Crippen molar-refractivity contribution in [2.24, 2.45) is 10.8 Å². The number of carboxylic acids is 1. The second-order valence-electron chi connectivity index (χ2n) is 22.9. The van der Waals surface area contributed by atoms with Gasteiger partial charge in [-0.15, -0.1) is 0 Å². The van der Waals surface area contributed by atoms with Crippen molar-refractivity contribution >= 4 is 54.5 Å². The molecule has 0 aliphatic heterocycles. The van der Waals surface area contributed by atoms with Crippen molar-refractivity contribution in [3.8, 4) is 0 Å². The van der Waals surface area contributed by atoms with E-state index in [1.165, 1.54) is 0 Å². The van der Waals surface area contributed by atoms with E-state index in [2.05, 4.69) is 128 Å². The summed E-state index contributed by atoms with van der Waals surface area (Å²) in [4.78, 5) is 28.7. The zero-order valence-electron chi connectivity index (χ0n) is 44.8. The van der Waals surface area contributed by atoms with E-state index < -0.39 is 14.0 Å². The van der Waals surface area contributed by atoms with E-state index in [0.717, 1.165) is 116 Å². The highest BCUT2D eigenvalue weighted by Gasteiger charge is 2.33. The average Bonchev–Trinajstić information content (AvgIpc) is 4.11. The van der Waals surface area contributed by atoms with Gasteiger partial charge in [-0.3, -0.25) is 19.3 Å². The molecule has 2 aliphatic carbocycles. The van der Waals surface area contributed by atoms with Crippen LogP contribution in [-0.2, 0) is 37.2 Å². The third kappa shape index (κ3) is 16.6. The quantitative estimate of drug-likeness (QED) is 0.0473. The molecule has 19 heteroatoms. The molecule has 73 heavy (non-hydrogen) atoms. The van der Waals surface area contributed by atoms with Crippen molar-refractivity contribution in [3.05, 3.63) is 128 Å². The molecular formula is C54H78Cl2N12O4Si. The number of amides is 1. The molecule has 2 unspecified atom stereocenters. The molecule has 396 valence electrons. The van der Waals surface area contributed by atoms with E-state index in [9.17, 15) is 14.7 Å². The highest BCUT2D eigenvalue weighted by atomic mass is 35.5. The SMILES string of the molecule is CC1(C)CCc2c(C(=O)O)nn(COCC[Si](C)(C)C)c2C1.CN(C)CCC(c1cccc(Cl)c1)n1cc(N)cn1.CN(C)CCC(c1cccc(Cl)c1)n1cc(NC(=O)c2n[nH]c3c2CCC(C)(C)C3)cn1. The van der Waals surface area contributed by atoms with Crippen LogP contribution in [0, 0.1) is 10.8 Å². The minimum Gasteiger partial charge on any atom is -0.476 e. The Labute approximate surface area is 443 Å². The number of nitrogens with zero attached hydrogens (tertiary/aromatic N) is 9. The van der Waals surface area contributed by atoms with Gasteiger partial charge in [-0.05, 0) is 145 Å². The summed E-state index contributed by atoms with van der Waals surface area (Å²) in [6, 6.07) is 17.0. The van der Waals surface area contributed by atoms with E-state index in [4.69, 9.17) is 33.7 Å². The van der Waals surface area contributed by atoms with Crippen LogP contribution in [0.1, 0.15) is 120 Å². The maximum Gasteiger partial charge on any atom is 0.356 e. The smallest absolute Gasteiger partial charge is 0.356 e. The van der Waals surface area contributed by atoms with Crippen LogP contribution >= 0.6 is 23.2 Å². The number of benzene rings is 2. The van der Waals surface area contributed by atoms with Gasteiger partial charge in [-0.25, -0.2) is 9.48 Å². The summed E-state index contributed by atoms with van der Waals surface area (Å²) in [6.45, 7) is 18.8. The fourth-order valence-electron chi connectivity index (χ4n) is 9.22. The van der Waals surface area contributed by atoms with E-state index in [1.807, 2.05) is 58.2 Å². The molecule has 8 rings (SSSR count). The van der Waals surface area contributed by atoms with Crippen LogP contribution in [0.4, 0.5) is 11.4 Å². The van der Waals surface area contributed by atoms with E-state index in [1.54, 1.807) is 17.1 Å². The van der Waals surface area contributed by atoms with Crippen molar-refractivity contribution in [2.45, 2.75) is 124 Å². The summed E-state index contributed by atoms with van der Waals surface area (Å²) in [5.41, 5.74) is 14.5. The van der Waals surface area contributed by atoms with Crippen molar-refractivity contribution in [2.75, 3.05) is 58.9 Å². The molecule has 0 saturated heterocycles. The number of carboxylic acid groups (broad SMARTS) is 1. The van der Waals surface area contributed by atoms with Crippen LogP contribution in [0.15, 0.2) is 73.3 Å². The Kier molecular flexibility index (Phi) is 19.4. The summed E-state index contributed by atoms with van der Waals surface area (Å²) >= 11 is 12.3. The van der Waals surface area contributed by atoms with Crippen molar-refractivity contribution in [3.63, 3.8) is 0 Å². The Morgan fingerprint density at radius 1 is 0.836 bits per heavy atom. The number of H-pyrrole nitrogens is 1. The number of carbonyl (C=O) groups is 2. The van der Waals surface area contributed by atoms with Gasteiger partial charge >= 0.3 is 5.97 Å². The molecule has 16 nitrogen and oxygen atoms in total. The van der Waals surface area contributed by atoms with Gasteiger partial charge in [0.15, 0.2) is 11.4 Å². The average molecular weight is 1060 g/mol. The van der Waals surface area contributed by atoms with E-state index >= 15 is 0 Å². The molecule has 0 saturated carbocycles. The lowest BCUT2D eigenvalue weighted by Crippen LogP contribution is -2.25. The lowest BCUT2D eigenvalue weighted by atomic mass is 9.76. The Balaban J connectivity index is 0.000000187. The second kappa shape index (κ2) is 24.8. The largest absolute Gasteiger partial charge is 0.476 e. The first-order chi connectivity index (χ1) is 34.4. The molecule has 2 atom stereocenters. The van der Waals surface area contributed by atoms with E-state index in [-0.39, 0.29) is 34.5 Å². The Morgan fingerprint density at radius 2 is 1.40 bits per heavy atom. The first-order valence-electron chi connectivity index (χ1n) is 25.3. The number of nitrogens with two attached hydrogens (primary N) is 1. The second-order valence-corrected chi connectivity index (χ2v) is 29.4. The standard InChI is InChI=1S/C24H31ClN6O.C16H28N2O3Si.C14H19ClN4/c1-24(2)10-8-19-20(13-24)28-29-22(19)23(32)27-18-14-26-31(15-18)21(9-11-30(3)4)16-6-5-7-17(25)12-16;1-16(2)7-6-12-13(10-16)18(17-14(12)15(19)20)11-21-8-9-22(3,4)5;1-18(2)7-6-14(19-10-13(16)9-17-19)11-4-3-5-12(15)8-11/h5-7,12,14-15,21H,8-11,13H2,1-4H3,(H,27,32)(H,28,29);6-11H2,1-5H3,(H,19,20);3-5,8-10,14H,6-7,16H2,1-2H3. The maximum absolute atomic E-state index is 13.0. The fraction of sp³-hybridized carbons (Fsp3) is 0.519. The predicted octanol–water partition coefficient (Wildman–Crippen LogP) is 10.6. The summed E-state index contributed by atoms with van der Waals surface area (Å²) < 4.78 is 11.3. The number of halogens is 2. The number of carbonyl (C=O) groups excluding carboxylic acids is 1. The minimum atomic E-state index is -1.11. The van der Waals surface area contributed by atoms with Crippen LogP contribution in [0.3, 0.4) is 0 Å². The first-order valence-corrected chi connectivity index (χ1v) is 29.7. The van der Waals surface area contributed by atoms with Crippen molar-refractivity contribution < 1.29 is 19.4 Å². The number of hydrogen-bond acceptors (Lipinski definition) is 10. The van der Waals surface area contributed by atoms with E-state index in [0.29, 0.717) is 28.8 Å². The van der Waals surface area contributed by atoms with Crippen LogP contribution < -0.4 is 11.1 Å². The van der Waals surface area contributed by atoms with Crippen LogP contribution in [0.2, 0.25) is 35.7 Å². The van der Waals surface area contributed by atoms with Gasteiger partial charge in [-0.1, -0.05) is 94.8 Å². The molecule has 0 bridgehead atoms. The highest BCUT2D eigenvalue weighted by molar-refractivity contribution is 6.76. The van der Waals surface area contributed by atoms with Crippen molar-refractivity contribution in [1.82, 2.24) is 49.3 Å². The minimum absolute atomic E-state index is 0.0159. The third-order valence-corrected chi connectivity index (χ3v) is 15.6. The summed E-state index contributed by atoms with van der Waals surface area (Å²) in [5, 5.41) is 34.3. The number of aromatic nitrogens is 8. The first kappa shape index (κ1) is 57.0. The van der Waals surface area contributed by atoms with Crippen LogP contribution in [0.25, 0.3) is 0 Å². The number of fused-ring (bicyclic) bond motifs is 2. The zero-order valence-corrected chi connectivity index (χ0v) is 47.3. The zero-order chi connectivity index (χ0) is 53.3. The lowest BCUT2D eigenvalue weighted by molar-refractivity contribution is 0.0667. The number of aromatic amines is 1. The van der Waals surface area contributed by atoms with Gasteiger partial charge in [-0.2, -0.15) is 20.4 Å². The number of hydrogen-bond donors (Lipinski definition) is 4. The van der Waals surface area contributed by atoms with Crippen LogP contribution in [-0.4, -0.2) is 122 Å². The number of ether oxygens (including phenoxy) is 1. The van der Waals surface area contributed by atoms with Gasteiger partial charge in [0.1, 0.15) is 6.73 Å². The molecule has 0 spiro atoms. The van der Waals surface area contributed by atoms with Gasteiger partial charge in [0, 0.05) is 59.6 Å². The molecule has 5 N–H and O–H groups in total. The van der Waals surface area contributed by atoms with Gasteiger partial charge in [0.05, 0.1) is 35.9 Å². The maximum atomic E-state index is 13.0. The monoisotopic (exact) mass is 1060 g/mol. The molecular weight excluding hydrogens is 980 g/mol. The molecule has 6 aromatic rings. The number of rotatable bonds is 18. The van der Waals surface area contributed by atoms with Crippen LogP contribution in [0.5, 0.6) is 0 Å². The Bertz CT molecular complexity index is 2770. The summed E-state index contributed by atoms with van der Waals surface area (Å²) in [7, 11) is 7.12. The number of nitrogen functional groups attached to an aromatic ring is 1. The molecule has 4 aromatic heterocycles. The number of aromatic carboxylic acids is 1. The predicted molar refractivity (Wildman–Crippen MR) is 296 cm³/mol. The fourth-order valence-corrected chi connectivity index (χ4v) is 10.4. The number of anilines is 2. The Morgan fingerprint density at radius 3 is 1.93 bits per heavy atom. The topological polar surface area (TPSA) is 190 Å². The van der Waals surface area contributed by atoms with Gasteiger partial charge in [0.2, 0.25) is 0 Å². The number of nitrogens with one attached hydrogen (secondary N) is 2. The Hall–Kier alpha value is -5.30.